The number of nitrogens with one attached hydrogen (secondary N) is 1. The Bertz CT molecular complexity index is 619. The van der Waals surface area contributed by atoms with Gasteiger partial charge >= 0.3 is 6.03 Å². The van der Waals surface area contributed by atoms with Crippen LogP contribution in [0.5, 0.6) is 0 Å². The van der Waals surface area contributed by atoms with Crippen LogP contribution in [0, 0.1) is 6.92 Å². The quantitative estimate of drug-likeness (QED) is 0.833. The maximum Gasteiger partial charge on any atom is 0.331 e. The first-order valence-electron chi connectivity index (χ1n) is 6.68. The van der Waals surface area contributed by atoms with Crippen molar-refractivity contribution in [2.24, 2.45) is 0 Å². The molecule has 104 valence electrons. The Morgan fingerprint density at radius 3 is 2.55 bits per heavy atom. The molecular weight excluding hydrogens is 256 g/mol. The Morgan fingerprint density at radius 2 is 1.95 bits per heavy atom. The second-order valence-corrected chi connectivity index (χ2v) is 5.81. The molecule has 1 saturated heterocycles. The molecule has 1 aliphatic carbocycles. The summed E-state index contributed by atoms with van der Waals surface area (Å²) in [7, 11) is 0. The lowest BCUT2D eigenvalue weighted by Crippen LogP contribution is -2.60. The van der Waals surface area contributed by atoms with E-state index in [1.54, 1.807) is 6.07 Å². The van der Waals surface area contributed by atoms with Crippen LogP contribution in [-0.2, 0) is 9.59 Å². The van der Waals surface area contributed by atoms with Gasteiger partial charge in [0.2, 0.25) is 11.8 Å². The molecule has 1 aromatic carbocycles. The van der Waals surface area contributed by atoms with E-state index in [2.05, 4.69) is 5.32 Å². The van der Waals surface area contributed by atoms with Gasteiger partial charge in [0.1, 0.15) is 5.92 Å². The van der Waals surface area contributed by atoms with Crippen molar-refractivity contribution >= 4 is 17.8 Å². The molecule has 1 N–H and O–H groups in total. The van der Waals surface area contributed by atoms with Crippen LogP contribution in [-0.4, -0.2) is 28.3 Å². The number of imide groups is 2. The van der Waals surface area contributed by atoms with E-state index in [1.165, 1.54) is 4.90 Å². The van der Waals surface area contributed by atoms with Crippen molar-refractivity contribution in [1.29, 1.82) is 0 Å². The summed E-state index contributed by atoms with van der Waals surface area (Å²) in [5.74, 6) is -1.87. The second-order valence-electron chi connectivity index (χ2n) is 5.81. The number of hydrogen-bond acceptors (Lipinski definition) is 3. The van der Waals surface area contributed by atoms with E-state index >= 15 is 0 Å². The Hall–Kier alpha value is -2.17. The van der Waals surface area contributed by atoms with Gasteiger partial charge < -0.3 is 0 Å². The molecule has 5 nitrogen and oxygen atoms in total. The molecule has 1 aliphatic heterocycles. The highest BCUT2D eigenvalue weighted by Crippen LogP contribution is 2.43. The van der Waals surface area contributed by atoms with Crippen molar-refractivity contribution < 1.29 is 14.4 Å². The van der Waals surface area contributed by atoms with Crippen molar-refractivity contribution in [2.75, 3.05) is 0 Å². The van der Waals surface area contributed by atoms with Crippen LogP contribution < -0.4 is 5.32 Å². The van der Waals surface area contributed by atoms with Crippen LogP contribution >= 0.6 is 0 Å². The number of hydrogen-bond donors (Lipinski definition) is 1. The summed E-state index contributed by atoms with van der Waals surface area (Å²) in [6.45, 7) is 3.77. The summed E-state index contributed by atoms with van der Waals surface area (Å²) in [4.78, 5) is 37.8. The van der Waals surface area contributed by atoms with Crippen LogP contribution in [0.3, 0.4) is 0 Å². The van der Waals surface area contributed by atoms with E-state index in [0.29, 0.717) is 5.56 Å². The van der Waals surface area contributed by atoms with Crippen molar-refractivity contribution in [3.05, 3.63) is 35.4 Å². The van der Waals surface area contributed by atoms with Crippen molar-refractivity contribution in [3.8, 4) is 0 Å². The van der Waals surface area contributed by atoms with Gasteiger partial charge in [-0.05, 0) is 32.3 Å². The summed E-state index contributed by atoms with van der Waals surface area (Å²) >= 11 is 0. The third-order valence-corrected chi connectivity index (χ3v) is 4.05. The standard InChI is InChI=1S/C15H16N2O3/c1-9-4-3-5-10(8-9)11-12(18)16-14(20)17(13(11)19)15(2)6-7-15/h3-5,8,11H,6-7H2,1-2H3,(H,16,18,20). The topological polar surface area (TPSA) is 66.5 Å². The maximum atomic E-state index is 12.6. The van der Waals surface area contributed by atoms with Crippen LogP contribution in [0.2, 0.25) is 0 Å². The zero-order valence-electron chi connectivity index (χ0n) is 11.5. The molecule has 0 radical (unpaired) electrons. The van der Waals surface area contributed by atoms with Crippen molar-refractivity contribution in [3.63, 3.8) is 0 Å². The van der Waals surface area contributed by atoms with Gasteiger partial charge in [0.25, 0.3) is 0 Å². The number of aryl methyl sites for hydroxylation is 1. The number of barbiturate groups is 1. The molecule has 1 saturated carbocycles. The predicted octanol–water partition coefficient (Wildman–Crippen LogP) is 1.71. The molecule has 5 heteroatoms. The molecular formula is C15H16N2O3. The number of rotatable bonds is 2. The molecule has 1 aromatic rings. The van der Waals surface area contributed by atoms with Gasteiger partial charge in [-0.2, -0.15) is 0 Å². The molecule has 3 rings (SSSR count). The Balaban J connectivity index is 2.00. The van der Waals surface area contributed by atoms with E-state index in [9.17, 15) is 14.4 Å². The third-order valence-electron chi connectivity index (χ3n) is 4.05. The summed E-state index contributed by atoms with van der Waals surface area (Å²) in [6.07, 6.45) is 1.59. The molecule has 0 bridgehead atoms. The lowest BCUT2D eigenvalue weighted by atomic mass is 9.93. The lowest BCUT2D eigenvalue weighted by Gasteiger charge is -2.34. The van der Waals surface area contributed by atoms with Gasteiger partial charge in [-0.3, -0.25) is 19.8 Å². The summed E-state index contributed by atoms with van der Waals surface area (Å²) < 4.78 is 0. The van der Waals surface area contributed by atoms with E-state index in [1.807, 2.05) is 32.0 Å². The number of nitrogens with zero attached hydrogens (tertiary/aromatic N) is 1. The maximum absolute atomic E-state index is 12.6. The normalized spacial score (nSPS) is 24.6. The number of amides is 4. The SMILES string of the molecule is Cc1cccc(C2C(=O)NC(=O)N(C3(C)CC3)C2=O)c1. The smallest absolute Gasteiger partial charge is 0.277 e. The van der Waals surface area contributed by atoms with Crippen LogP contribution in [0.1, 0.15) is 36.8 Å². The Kier molecular flexibility index (Phi) is 2.67. The van der Waals surface area contributed by atoms with Crippen molar-refractivity contribution in [2.45, 2.75) is 38.1 Å². The fourth-order valence-electron chi connectivity index (χ4n) is 2.63. The van der Waals surface area contributed by atoms with Gasteiger partial charge in [-0.1, -0.05) is 29.8 Å². The minimum absolute atomic E-state index is 0.413. The molecule has 1 atom stereocenters. The minimum Gasteiger partial charge on any atom is -0.277 e. The van der Waals surface area contributed by atoms with Gasteiger partial charge in [-0.25, -0.2) is 4.79 Å². The minimum atomic E-state index is -0.926. The average Bonchev–Trinajstić information content (AvgIpc) is 3.07. The Labute approximate surface area is 116 Å². The highest BCUT2D eigenvalue weighted by atomic mass is 16.2. The van der Waals surface area contributed by atoms with E-state index in [-0.39, 0.29) is 0 Å². The highest BCUT2D eigenvalue weighted by Gasteiger charge is 2.54. The molecule has 4 amide bonds. The summed E-state index contributed by atoms with van der Waals surface area (Å²) in [5, 5.41) is 2.30. The lowest BCUT2D eigenvalue weighted by molar-refractivity contribution is -0.140. The van der Waals surface area contributed by atoms with Gasteiger partial charge in [-0.15, -0.1) is 0 Å². The molecule has 2 aliphatic rings. The third kappa shape index (κ3) is 1.90. The summed E-state index contributed by atoms with van der Waals surface area (Å²) in [5.41, 5.74) is 1.18. The van der Waals surface area contributed by atoms with E-state index in [4.69, 9.17) is 0 Å². The largest absolute Gasteiger partial charge is 0.331 e. The molecule has 1 unspecified atom stereocenters. The zero-order chi connectivity index (χ0) is 14.5. The first-order valence-corrected chi connectivity index (χ1v) is 6.68. The van der Waals surface area contributed by atoms with Crippen LogP contribution in [0.25, 0.3) is 0 Å². The first-order chi connectivity index (χ1) is 9.42. The number of urea groups is 1. The molecule has 20 heavy (non-hydrogen) atoms. The van der Waals surface area contributed by atoms with Gasteiger partial charge in [0.15, 0.2) is 0 Å². The van der Waals surface area contributed by atoms with E-state index in [0.717, 1.165) is 18.4 Å². The first kappa shape index (κ1) is 12.8. The predicted molar refractivity (Wildman–Crippen MR) is 71.9 cm³/mol. The van der Waals surface area contributed by atoms with Crippen molar-refractivity contribution in [1.82, 2.24) is 10.2 Å². The fraction of sp³-hybridized carbons (Fsp3) is 0.400. The number of benzene rings is 1. The number of carbonyl (C=O) groups is 3. The molecule has 0 aromatic heterocycles. The second kappa shape index (κ2) is 4.16. The average molecular weight is 272 g/mol. The van der Waals surface area contributed by atoms with Crippen LogP contribution in [0.4, 0.5) is 4.79 Å². The van der Waals surface area contributed by atoms with E-state index < -0.39 is 29.3 Å². The number of carbonyl (C=O) groups excluding carboxylic acids is 3. The van der Waals surface area contributed by atoms with Gasteiger partial charge in [0, 0.05) is 5.54 Å². The molecule has 0 spiro atoms. The fourth-order valence-corrected chi connectivity index (χ4v) is 2.63. The summed E-state index contributed by atoms with van der Waals surface area (Å²) in [6, 6.07) is 6.68. The van der Waals surface area contributed by atoms with Gasteiger partial charge in [0.05, 0.1) is 0 Å². The Morgan fingerprint density at radius 1 is 1.25 bits per heavy atom. The van der Waals surface area contributed by atoms with Crippen LogP contribution in [0.15, 0.2) is 24.3 Å². The molecule has 2 fully saturated rings. The highest BCUT2D eigenvalue weighted by molar-refractivity contribution is 6.19. The zero-order valence-corrected chi connectivity index (χ0v) is 11.5. The molecule has 1 heterocycles. The monoisotopic (exact) mass is 272 g/mol.